The largest absolute Gasteiger partial charge is 0.504 e. The second-order valence-electron chi connectivity index (χ2n) is 8.08. The molecule has 0 radical (unpaired) electrons. The number of hydrogen-bond donors (Lipinski definition) is 5. The fourth-order valence-electron chi connectivity index (χ4n) is 3.41. The topological polar surface area (TPSA) is 180 Å². The summed E-state index contributed by atoms with van der Waals surface area (Å²) in [5.74, 6) is -4.51. The number of phenolic OH excluding ortho intramolecular Hbond substituents is 4. The van der Waals surface area contributed by atoms with Gasteiger partial charge < -0.3 is 39.7 Å². The number of carbonyl (C=O) groups is 3. The van der Waals surface area contributed by atoms with Crippen LogP contribution >= 0.6 is 0 Å². The van der Waals surface area contributed by atoms with E-state index in [1.807, 2.05) is 0 Å². The van der Waals surface area contributed by atoms with Crippen LogP contribution in [0.4, 0.5) is 0 Å². The molecule has 11 nitrogen and oxygen atoms in total. The summed E-state index contributed by atoms with van der Waals surface area (Å²) in [5, 5.41) is 47.4. The maximum Gasteiger partial charge on any atom is 0.379 e. The SMILES string of the molecule is O=C(/C=C/c1ccc2c(c1)OC(=O)/C(=C/c1ccc(O)c(O)c1)O2)O[C@H](Cc1ccc(O)c(O)c1)C(=O)O. The minimum atomic E-state index is -1.55. The fraction of sp³-hybridized carbons (Fsp3) is 0.0741. The van der Waals surface area contributed by atoms with E-state index in [-0.39, 0.29) is 40.9 Å². The summed E-state index contributed by atoms with van der Waals surface area (Å²) >= 11 is 0. The van der Waals surface area contributed by atoms with Gasteiger partial charge in [-0.3, -0.25) is 0 Å². The Balaban J connectivity index is 1.42. The zero-order valence-electron chi connectivity index (χ0n) is 19.4. The van der Waals surface area contributed by atoms with E-state index in [2.05, 4.69) is 0 Å². The normalized spacial score (nSPS) is 14.4. The number of esters is 2. The van der Waals surface area contributed by atoms with Crippen molar-refractivity contribution in [3.63, 3.8) is 0 Å². The number of ether oxygens (including phenoxy) is 3. The molecule has 0 aromatic heterocycles. The van der Waals surface area contributed by atoms with Crippen LogP contribution in [0.15, 0.2) is 66.4 Å². The Morgan fingerprint density at radius 3 is 2.18 bits per heavy atom. The van der Waals surface area contributed by atoms with Crippen molar-refractivity contribution in [2.24, 2.45) is 0 Å². The second kappa shape index (κ2) is 10.7. The third-order valence-electron chi connectivity index (χ3n) is 5.30. The van der Waals surface area contributed by atoms with Gasteiger partial charge in [0.25, 0.3) is 0 Å². The summed E-state index contributed by atoms with van der Waals surface area (Å²) in [4.78, 5) is 36.1. The Hall–Kier alpha value is -5.45. The number of benzene rings is 3. The van der Waals surface area contributed by atoms with Gasteiger partial charge in [-0.25, -0.2) is 14.4 Å². The van der Waals surface area contributed by atoms with Gasteiger partial charge in [-0.2, -0.15) is 0 Å². The first-order chi connectivity index (χ1) is 18.1. The molecule has 0 spiro atoms. The monoisotopic (exact) mass is 520 g/mol. The zero-order valence-corrected chi connectivity index (χ0v) is 19.4. The van der Waals surface area contributed by atoms with E-state index in [1.54, 1.807) is 6.07 Å². The molecule has 5 N–H and O–H groups in total. The summed E-state index contributed by atoms with van der Waals surface area (Å²) in [6, 6.07) is 12.2. The number of carboxylic acids is 1. The minimum absolute atomic E-state index is 0.0757. The first-order valence-corrected chi connectivity index (χ1v) is 11.0. The lowest BCUT2D eigenvalue weighted by Gasteiger charge is -2.19. The second-order valence-corrected chi connectivity index (χ2v) is 8.08. The molecule has 0 aliphatic carbocycles. The summed E-state index contributed by atoms with van der Waals surface area (Å²) < 4.78 is 15.9. The van der Waals surface area contributed by atoms with Crippen molar-refractivity contribution in [3.8, 4) is 34.5 Å². The first-order valence-electron chi connectivity index (χ1n) is 11.0. The van der Waals surface area contributed by atoms with Crippen LogP contribution in [-0.4, -0.2) is 49.5 Å². The number of hydrogen-bond acceptors (Lipinski definition) is 10. The van der Waals surface area contributed by atoms with Gasteiger partial charge in [-0.15, -0.1) is 0 Å². The highest BCUT2D eigenvalue weighted by molar-refractivity contribution is 5.95. The van der Waals surface area contributed by atoms with Crippen LogP contribution < -0.4 is 9.47 Å². The third kappa shape index (κ3) is 6.02. The highest BCUT2D eigenvalue weighted by Crippen LogP contribution is 2.35. The van der Waals surface area contributed by atoms with Crippen LogP contribution in [-0.2, 0) is 25.5 Å². The molecule has 3 aromatic carbocycles. The highest BCUT2D eigenvalue weighted by atomic mass is 16.6. The predicted molar refractivity (Wildman–Crippen MR) is 130 cm³/mol. The number of fused-ring (bicyclic) bond motifs is 1. The molecular formula is C27H20O11. The van der Waals surface area contributed by atoms with Gasteiger partial charge >= 0.3 is 17.9 Å². The van der Waals surface area contributed by atoms with E-state index in [0.717, 1.165) is 6.08 Å². The molecular weight excluding hydrogens is 500 g/mol. The molecule has 1 heterocycles. The molecule has 0 saturated heterocycles. The van der Waals surface area contributed by atoms with Crippen molar-refractivity contribution in [1.82, 2.24) is 0 Å². The molecule has 0 amide bonds. The number of rotatable bonds is 7. The molecule has 38 heavy (non-hydrogen) atoms. The lowest BCUT2D eigenvalue weighted by Crippen LogP contribution is -2.28. The van der Waals surface area contributed by atoms with Crippen molar-refractivity contribution < 1.29 is 54.1 Å². The molecule has 4 rings (SSSR count). The molecule has 1 atom stereocenters. The summed E-state index contributed by atoms with van der Waals surface area (Å²) in [5.41, 5.74) is 1.13. The van der Waals surface area contributed by atoms with Gasteiger partial charge in [-0.05, 0) is 65.2 Å². The van der Waals surface area contributed by atoms with E-state index >= 15 is 0 Å². The number of phenols is 4. The highest BCUT2D eigenvalue weighted by Gasteiger charge is 2.25. The number of carbonyl (C=O) groups excluding carboxylic acids is 2. The average molecular weight is 520 g/mol. The average Bonchev–Trinajstić information content (AvgIpc) is 2.87. The summed E-state index contributed by atoms with van der Waals surface area (Å²) in [6.07, 6.45) is 1.86. The fourth-order valence-corrected chi connectivity index (χ4v) is 3.41. The Bertz CT molecular complexity index is 1490. The molecule has 0 bridgehead atoms. The van der Waals surface area contributed by atoms with Crippen LogP contribution in [0, 0.1) is 0 Å². The molecule has 194 valence electrons. The van der Waals surface area contributed by atoms with E-state index in [1.165, 1.54) is 60.7 Å². The van der Waals surface area contributed by atoms with Crippen LogP contribution in [0.1, 0.15) is 16.7 Å². The van der Waals surface area contributed by atoms with Crippen molar-refractivity contribution in [2.75, 3.05) is 0 Å². The molecule has 11 heteroatoms. The minimum Gasteiger partial charge on any atom is -0.504 e. The number of aromatic hydroxyl groups is 4. The Labute approximate surface area is 214 Å². The van der Waals surface area contributed by atoms with Crippen LogP contribution in [0.25, 0.3) is 12.2 Å². The molecule has 0 unspecified atom stereocenters. The van der Waals surface area contributed by atoms with E-state index in [9.17, 15) is 39.9 Å². The van der Waals surface area contributed by atoms with E-state index < -0.39 is 29.8 Å². The molecule has 1 aliphatic heterocycles. The van der Waals surface area contributed by atoms with Gasteiger partial charge in [-0.1, -0.05) is 18.2 Å². The van der Waals surface area contributed by atoms with E-state index in [0.29, 0.717) is 16.7 Å². The quantitative estimate of drug-likeness (QED) is 0.134. The van der Waals surface area contributed by atoms with Gasteiger partial charge in [0.15, 0.2) is 34.5 Å². The molecule has 0 fully saturated rings. The van der Waals surface area contributed by atoms with Crippen molar-refractivity contribution in [3.05, 3.63) is 83.1 Å². The predicted octanol–water partition coefficient (Wildman–Crippen LogP) is 3.10. The van der Waals surface area contributed by atoms with Crippen LogP contribution in [0.3, 0.4) is 0 Å². The van der Waals surface area contributed by atoms with Crippen LogP contribution in [0.2, 0.25) is 0 Å². The molecule has 3 aromatic rings. The Kier molecular flexibility index (Phi) is 7.19. The smallest absolute Gasteiger partial charge is 0.379 e. The zero-order chi connectivity index (χ0) is 27.4. The van der Waals surface area contributed by atoms with E-state index in [4.69, 9.17) is 14.2 Å². The Morgan fingerprint density at radius 1 is 0.816 bits per heavy atom. The molecule has 0 saturated carbocycles. The number of carboxylic acid groups (broad SMARTS) is 1. The van der Waals surface area contributed by atoms with Crippen LogP contribution in [0.5, 0.6) is 34.5 Å². The lowest BCUT2D eigenvalue weighted by molar-refractivity contribution is -0.160. The maximum absolute atomic E-state index is 12.4. The third-order valence-corrected chi connectivity index (χ3v) is 5.30. The lowest BCUT2D eigenvalue weighted by atomic mass is 10.1. The maximum atomic E-state index is 12.4. The standard InChI is InChI=1S/C27H20O11/c28-17-5-1-15(9-19(17)30)12-23(26(33)34)37-25(32)8-4-14-3-7-21-22(11-14)38-27(35)24(36-21)13-16-2-6-18(29)20(31)10-16/h1-11,13,23,28-31H,12H2,(H,33,34)/b8-4+,24-13-/t23-/m1/s1. The summed E-state index contributed by atoms with van der Waals surface area (Å²) in [6.45, 7) is 0. The van der Waals surface area contributed by atoms with Gasteiger partial charge in [0, 0.05) is 12.5 Å². The van der Waals surface area contributed by atoms with Gasteiger partial charge in [0.2, 0.25) is 11.9 Å². The van der Waals surface area contributed by atoms with Crippen molar-refractivity contribution in [1.29, 1.82) is 0 Å². The molecule has 1 aliphatic rings. The van der Waals surface area contributed by atoms with Gasteiger partial charge in [0.1, 0.15) is 0 Å². The number of aliphatic carboxylic acids is 1. The van der Waals surface area contributed by atoms with Crippen molar-refractivity contribution in [2.45, 2.75) is 12.5 Å². The first kappa shape index (κ1) is 25.6. The summed E-state index contributed by atoms with van der Waals surface area (Å²) in [7, 11) is 0. The van der Waals surface area contributed by atoms with Crippen molar-refractivity contribution >= 4 is 30.1 Å². The van der Waals surface area contributed by atoms with Gasteiger partial charge in [0.05, 0.1) is 0 Å². The Morgan fingerprint density at radius 2 is 1.50 bits per heavy atom.